The van der Waals surface area contributed by atoms with Crippen molar-refractivity contribution in [3.8, 4) is 0 Å². The van der Waals surface area contributed by atoms with Gasteiger partial charge in [0.15, 0.2) is 12.1 Å². The molecule has 0 saturated carbocycles. The molecule has 2 aliphatic rings. The van der Waals surface area contributed by atoms with Crippen LogP contribution in [0, 0.1) is 0 Å². The molecule has 4 atom stereocenters. The Morgan fingerprint density at radius 1 is 1.33 bits per heavy atom. The summed E-state index contributed by atoms with van der Waals surface area (Å²) in [4.78, 5) is 11.0. The third-order valence-electron chi connectivity index (χ3n) is 2.74. The fourth-order valence-electron chi connectivity index (χ4n) is 2.01. The fraction of sp³-hybridized carbons (Fsp3) is 0.909. The van der Waals surface area contributed by atoms with Gasteiger partial charge in [-0.1, -0.05) is 0 Å². The standard InChI is InChI=1S/C11H18O7/c1-4-14-10(13)15-5-6-7(12)8-9(16-6)18-11(2,3)17-8/h6-9,12H,4-5H2,1-3H3/t6-,7+,8-,9?/m1/s1. The van der Waals surface area contributed by atoms with Crippen molar-refractivity contribution < 1.29 is 33.6 Å². The second-order valence-electron chi connectivity index (χ2n) is 4.63. The Bertz CT molecular complexity index is 317. The number of carbonyl (C=O) groups excluding carboxylic acids is 1. The summed E-state index contributed by atoms with van der Waals surface area (Å²) in [6, 6.07) is 0. The summed E-state index contributed by atoms with van der Waals surface area (Å²) >= 11 is 0. The second kappa shape index (κ2) is 5.00. The minimum Gasteiger partial charge on any atom is -0.435 e. The van der Waals surface area contributed by atoms with Crippen LogP contribution in [-0.4, -0.2) is 54.9 Å². The summed E-state index contributed by atoms with van der Waals surface area (Å²) in [7, 11) is 0. The molecule has 2 rings (SSSR count). The predicted octanol–water partition coefficient (Wildman–Crippen LogP) is 0.397. The van der Waals surface area contributed by atoms with Gasteiger partial charge in [-0.3, -0.25) is 0 Å². The Hall–Kier alpha value is -0.890. The van der Waals surface area contributed by atoms with E-state index in [1.54, 1.807) is 20.8 Å². The molecule has 0 spiro atoms. The normalized spacial score (nSPS) is 37.3. The van der Waals surface area contributed by atoms with Crippen molar-refractivity contribution >= 4 is 6.16 Å². The number of fused-ring (bicyclic) bond motifs is 1. The van der Waals surface area contributed by atoms with Gasteiger partial charge in [0.05, 0.1) is 6.61 Å². The molecule has 1 unspecified atom stereocenters. The minimum atomic E-state index is -0.897. The van der Waals surface area contributed by atoms with E-state index in [9.17, 15) is 9.90 Å². The first-order valence-electron chi connectivity index (χ1n) is 5.91. The lowest BCUT2D eigenvalue weighted by atomic mass is 10.1. The summed E-state index contributed by atoms with van der Waals surface area (Å²) in [6.45, 7) is 5.30. The highest BCUT2D eigenvalue weighted by Gasteiger charge is 2.54. The Morgan fingerprint density at radius 3 is 2.67 bits per heavy atom. The minimum absolute atomic E-state index is 0.0971. The first kappa shape index (κ1) is 13.5. The van der Waals surface area contributed by atoms with Crippen LogP contribution in [0.3, 0.4) is 0 Å². The molecule has 0 radical (unpaired) electrons. The van der Waals surface area contributed by atoms with E-state index in [2.05, 4.69) is 4.74 Å². The van der Waals surface area contributed by atoms with Crippen LogP contribution in [0.2, 0.25) is 0 Å². The van der Waals surface area contributed by atoms with Crippen LogP contribution in [0.15, 0.2) is 0 Å². The van der Waals surface area contributed by atoms with Crippen LogP contribution in [0.25, 0.3) is 0 Å². The van der Waals surface area contributed by atoms with Gasteiger partial charge in [-0.2, -0.15) is 0 Å². The molecule has 7 heteroatoms. The van der Waals surface area contributed by atoms with E-state index in [1.807, 2.05) is 0 Å². The van der Waals surface area contributed by atoms with E-state index < -0.39 is 36.5 Å². The highest BCUT2D eigenvalue weighted by molar-refractivity contribution is 5.59. The maximum Gasteiger partial charge on any atom is 0.508 e. The molecule has 2 aliphatic heterocycles. The molecule has 2 heterocycles. The van der Waals surface area contributed by atoms with Crippen molar-refractivity contribution in [3.05, 3.63) is 0 Å². The molecule has 0 aromatic carbocycles. The molecule has 104 valence electrons. The molecule has 0 aliphatic carbocycles. The van der Waals surface area contributed by atoms with Crippen molar-refractivity contribution in [2.75, 3.05) is 13.2 Å². The summed E-state index contributed by atoms with van der Waals surface area (Å²) in [5, 5.41) is 9.97. The maximum absolute atomic E-state index is 11.0. The first-order chi connectivity index (χ1) is 8.43. The Kier molecular flexibility index (Phi) is 3.76. The van der Waals surface area contributed by atoms with Gasteiger partial charge in [0.2, 0.25) is 0 Å². The van der Waals surface area contributed by atoms with E-state index in [-0.39, 0.29) is 13.2 Å². The zero-order chi connectivity index (χ0) is 13.3. The topological polar surface area (TPSA) is 83.5 Å². The zero-order valence-corrected chi connectivity index (χ0v) is 10.6. The number of aliphatic hydroxyl groups excluding tert-OH is 1. The first-order valence-corrected chi connectivity index (χ1v) is 5.91. The Labute approximate surface area is 105 Å². The van der Waals surface area contributed by atoms with Crippen LogP contribution >= 0.6 is 0 Å². The Balaban J connectivity index is 1.82. The molecular formula is C11H18O7. The number of hydrogen-bond donors (Lipinski definition) is 1. The smallest absolute Gasteiger partial charge is 0.435 e. The summed E-state index contributed by atoms with van der Waals surface area (Å²) < 4.78 is 25.8. The van der Waals surface area contributed by atoms with Crippen LogP contribution in [0.5, 0.6) is 0 Å². The van der Waals surface area contributed by atoms with Crippen molar-refractivity contribution in [1.29, 1.82) is 0 Å². The van der Waals surface area contributed by atoms with Gasteiger partial charge < -0.3 is 28.8 Å². The lowest BCUT2D eigenvalue weighted by molar-refractivity contribution is -0.218. The van der Waals surface area contributed by atoms with Gasteiger partial charge in [-0.05, 0) is 20.8 Å². The van der Waals surface area contributed by atoms with Crippen molar-refractivity contribution in [2.24, 2.45) is 0 Å². The van der Waals surface area contributed by atoms with Crippen LogP contribution in [-0.2, 0) is 23.7 Å². The quantitative estimate of drug-likeness (QED) is 0.737. The fourth-order valence-corrected chi connectivity index (χ4v) is 2.01. The molecule has 0 bridgehead atoms. The lowest BCUT2D eigenvalue weighted by Crippen LogP contribution is -2.37. The number of hydrogen-bond acceptors (Lipinski definition) is 7. The van der Waals surface area contributed by atoms with Crippen LogP contribution < -0.4 is 0 Å². The number of rotatable bonds is 3. The summed E-state index contributed by atoms with van der Waals surface area (Å²) in [6.07, 6.45) is -3.54. The van der Waals surface area contributed by atoms with E-state index >= 15 is 0 Å². The van der Waals surface area contributed by atoms with Gasteiger partial charge >= 0.3 is 6.16 Å². The molecule has 1 N–H and O–H groups in total. The largest absolute Gasteiger partial charge is 0.508 e. The monoisotopic (exact) mass is 262 g/mol. The Morgan fingerprint density at radius 2 is 2.06 bits per heavy atom. The zero-order valence-electron chi connectivity index (χ0n) is 10.6. The molecule has 0 amide bonds. The molecule has 2 saturated heterocycles. The molecule has 0 aromatic rings. The molecule has 18 heavy (non-hydrogen) atoms. The number of aliphatic hydroxyl groups is 1. The number of ether oxygens (including phenoxy) is 5. The average molecular weight is 262 g/mol. The molecular weight excluding hydrogens is 244 g/mol. The van der Waals surface area contributed by atoms with E-state index in [4.69, 9.17) is 18.9 Å². The van der Waals surface area contributed by atoms with E-state index in [0.717, 1.165) is 0 Å². The van der Waals surface area contributed by atoms with Crippen molar-refractivity contribution in [3.63, 3.8) is 0 Å². The van der Waals surface area contributed by atoms with Gasteiger partial charge in [-0.25, -0.2) is 4.79 Å². The SMILES string of the molecule is CCOC(=O)OC[C@H]1OC2OC(C)(C)O[C@@H]2[C@H]1O. The lowest BCUT2D eigenvalue weighted by Gasteiger charge is -2.22. The molecule has 2 fully saturated rings. The average Bonchev–Trinajstić information content (AvgIpc) is 2.71. The van der Waals surface area contributed by atoms with Crippen LogP contribution in [0.1, 0.15) is 20.8 Å². The summed E-state index contributed by atoms with van der Waals surface area (Å²) in [5.74, 6) is -0.775. The van der Waals surface area contributed by atoms with Gasteiger partial charge in [0.1, 0.15) is 24.9 Å². The van der Waals surface area contributed by atoms with E-state index in [0.29, 0.717) is 0 Å². The highest BCUT2D eigenvalue weighted by atomic mass is 16.8. The van der Waals surface area contributed by atoms with Gasteiger partial charge in [-0.15, -0.1) is 0 Å². The van der Waals surface area contributed by atoms with Crippen molar-refractivity contribution in [2.45, 2.75) is 51.2 Å². The number of carbonyl (C=O) groups is 1. The van der Waals surface area contributed by atoms with Crippen molar-refractivity contribution in [1.82, 2.24) is 0 Å². The maximum atomic E-state index is 11.0. The predicted molar refractivity (Wildman–Crippen MR) is 57.7 cm³/mol. The summed E-state index contributed by atoms with van der Waals surface area (Å²) in [5.41, 5.74) is 0. The van der Waals surface area contributed by atoms with Crippen LogP contribution in [0.4, 0.5) is 4.79 Å². The molecule has 0 aromatic heterocycles. The third-order valence-corrected chi connectivity index (χ3v) is 2.74. The van der Waals surface area contributed by atoms with E-state index in [1.165, 1.54) is 0 Å². The molecule has 7 nitrogen and oxygen atoms in total. The second-order valence-corrected chi connectivity index (χ2v) is 4.63. The highest BCUT2D eigenvalue weighted by Crippen LogP contribution is 2.37. The van der Waals surface area contributed by atoms with Gasteiger partial charge in [0.25, 0.3) is 0 Å². The third kappa shape index (κ3) is 2.74. The van der Waals surface area contributed by atoms with Gasteiger partial charge in [0, 0.05) is 0 Å².